The molecule has 5 N–H and O–H groups in total. The van der Waals surface area contributed by atoms with E-state index in [-0.39, 0.29) is 28.0 Å². The molecule has 0 aliphatic carbocycles. The molecule has 0 bridgehead atoms. The first-order valence-electron chi connectivity index (χ1n) is 9.85. The Morgan fingerprint density at radius 2 is 2.17 bits per heavy atom. The van der Waals surface area contributed by atoms with Gasteiger partial charge >= 0.3 is 5.97 Å². The normalized spacial score (nSPS) is 22.0. The van der Waals surface area contributed by atoms with Gasteiger partial charge in [-0.1, -0.05) is 29.1 Å². The standard InChI is InChI=1S/C20H17FIN5O5S3/c21-5-6-32-26-13(10-7-34-19(23)25-10)15(28)20(24)17(31)27-14(16(29)30)12(8-33-18(20)27)35-11-4-2-1-3-9(11)22/h1-4,7,18H,5-6,8,24H2,(H2,23,25)(H,29,30)/t18-,20?/m0/s1. The first kappa shape index (κ1) is 25.9. The van der Waals surface area contributed by atoms with Crippen LogP contribution in [0.1, 0.15) is 5.69 Å². The second kappa shape index (κ2) is 10.4. The molecule has 0 saturated carbocycles. The van der Waals surface area contributed by atoms with Gasteiger partial charge in [0.1, 0.15) is 30.0 Å². The summed E-state index contributed by atoms with van der Waals surface area (Å²) in [7, 11) is 0. The number of carboxylic acids is 1. The fourth-order valence-corrected chi connectivity index (χ4v) is 7.27. The number of Topliss-reactive ketones (excluding diaryl/α,β-unsaturated/α-hetero) is 1. The lowest BCUT2D eigenvalue weighted by molar-refractivity contribution is -0.157. The zero-order chi connectivity index (χ0) is 25.3. The molecule has 1 fully saturated rings. The van der Waals surface area contributed by atoms with Crippen LogP contribution in [-0.2, 0) is 19.2 Å². The van der Waals surface area contributed by atoms with E-state index in [0.29, 0.717) is 4.91 Å². The molecular weight excluding hydrogens is 632 g/mol. The number of oxime groups is 1. The number of anilines is 1. The number of hydrogen-bond donors (Lipinski definition) is 3. The molecule has 184 valence electrons. The molecule has 0 radical (unpaired) electrons. The average molecular weight is 649 g/mol. The number of carbonyl (C=O) groups excluding carboxylic acids is 2. The number of aromatic nitrogens is 1. The molecule has 1 saturated heterocycles. The maximum atomic E-state index is 13.5. The number of halogens is 2. The van der Waals surface area contributed by atoms with Crippen molar-refractivity contribution in [3.63, 3.8) is 0 Å². The number of hydrogen-bond acceptors (Lipinski definition) is 11. The van der Waals surface area contributed by atoms with Crippen LogP contribution in [0.25, 0.3) is 0 Å². The summed E-state index contributed by atoms with van der Waals surface area (Å²) in [6.07, 6.45) is 0. The van der Waals surface area contributed by atoms with Gasteiger partial charge in [-0.2, -0.15) is 0 Å². The Kier molecular flexibility index (Phi) is 7.70. The topological polar surface area (TPSA) is 161 Å². The Morgan fingerprint density at radius 3 is 2.80 bits per heavy atom. The van der Waals surface area contributed by atoms with Crippen molar-refractivity contribution in [3.05, 3.63) is 49.5 Å². The van der Waals surface area contributed by atoms with Gasteiger partial charge in [0.05, 0.1) is 0 Å². The molecule has 1 aromatic carbocycles. The predicted octanol–water partition coefficient (Wildman–Crippen LogP) is 2.29. The van der Waals surface area contributed by atoms with Crippen molar-refractivity contribution in [1.82, 2.24) is 9.88 Å². The minimum absolute atomic E-state index is 0.0251. The molecule has 1 aromatic heterocycles. The maximum Gasteiger partial charge on any atom is 0.353 e. The minimum atomic E-state index is -2.11. The summed E-state index contributed by atoms with van der Waals surface area (Å²) < 4.78 is 13.4. The second-order valence-electron chi connectivity index (χ2n) is 7.18. The molecule has 2 atom stereocenters. The quantitative estimate of drug-likeness (QED) is 0.0919. The van der Waals surface area contributed by atoms with Crippen molar-refractivity contribution in [3.8, 4) is 0 Å². The first-order valence-corrected chi connectivity index (χ1v) is 13.7. The van der Waals surface area contributed by atoms with Crippen LogP contribution < -0.4 is 11.5 Å². The summed E-state index contributed by atoms with van der Waals surface area (Å²) in [5.74, 6) is -2.90. The number of nitrogen functional groups attached to an aromatic ring is 1. The zero-order valence-corrected chi connectivity index (χ0v) is 22.2. The SMILES string of the molecule is Nc1nc(C(=NOCCF)C(=O)C2(N)C(=O)N3C(C(=O)O)=C(Sc4ccccc4I)CS[C@H]32)cs1. The van der Waals surface area contributed by atoms with E-state index in [1.807, 2.05) is 24.3 Å². The Hall–Kier alpha value is -2.21. The highest BCUT2D eigenvalue weighted by atomic mass is 127. The van der Waals surface area contributed by atoms with Gasteiger partial charge in [0, 0.05) is 24.5 Å². The van der Waals surface area contributed by atoms with Gasteiger partial charge in [-0.25, -0.2) is 14.2 Å². The van der Waals surface area contributed by atoms with E-state index in [1.165, 1.54) is 28.9 Å². The van der Waals surface area contributed by atoms with Gasteiger partial charge in [-0.15, -0.1) is 23.1 Å². The van der Waals surface area contributed by atoms with Crippen LogP contribution in [0.5, 0.6) is 0 Å². The molecule has 1 amide bonds. The van der Waals surface area contributed by atoms with Crippen LogP contribution in [0.3, 0.4) is 0 Å². The van der Waals surface area contributed by atoms with Crippen molar-refractivity contribution < 1.29 is 28.7 Å². The molecule has 0 spiro atoms. The van der Waals surface area contributed by atoms with Crippen LogP contribution in [-0.4, -0.2) is 68.3 Å². The van der Waals surface area contributed by atoms with Crippen molar-refractivity contribution in [2.75, 3.05) is 24.8 Å². The molecule has 1 unspecified atom stereocenters. The number of benzene rings is 1. The number of β-lactam (4-membered cyclic amide) rings is 1. The highest BCUT2D eigenvalue weighted by Gasteiger charge is 2.67. The molecule has 15 heteroatoms. The molecule has 2 aliphatic heterocycles. The number of aliphatic carboxylic acids is 1. The van der Waals surface area contributed by atoms with Crippen LogP contribution in [0, 0.1) is 3.57 Å². The van der Waals surface area contributed by atoms with Crippen molar-refractivity contribution >= 4 is 86.0 Å². The largest absolute Gasteiger partial charge is 0.477 e. The summed E-state index contributed by atoms with van der Waals surface area (Å²) in [6, 6.07) is 7.44. The maximum absolute atomic E-state index is 13.5. The van der Waals surface area contributed by atoms with Crippen LogP contribution in [0.15, 0.2) is 50.3 Å². The van der Waals surface area contributed by atoms with Crippen molar-refractivity contribution in [2.45, 2.75) is 15.8 Å². The van der Waals surface area contributed by atoms with E-state index in [4.69, 9.17) is 16.3 Å². The number of alkyl halides is 1. The summed E-state index contributed by atoms with van der Waals surface area (Å²) >= 11 is 5.59. The molecule has 3 heterocycles. The van der Waals surface area contributed by atoms with Crippen LogP contribution in [0.2, 0.25) is 0 Å². The number of fused-ring (bicyclic) bond motifs is 1. The van der Waals surface area contributed by atoms with E-state index in [1.54, 1.807) is 0 Å². The summed E-state index contributed by atoms with van der Waals surface area (Å²) in [5.41, 5.74) is 9.29. The van der Waals surface area contributed by atoms with Gasteiger partial charge in [0.15, 0.2) is 16.4 Å². The van der Waals surface area contributed by atoms with E-state index < -0.39 is 41.9 Å². The van der Waals surface area contributed by atoms with Crippen LogP contribution in [0.4, 0.5) is 9.52 Å². The van der Waals surface area contributed by atoms with E-state index >= 15 is 0 Å². The van der Waals surface area contributed by atoms with E-state index in [0.717, 1.165) is 24.7 Å². The predicted molar refractivity (Wildman–Crippen MR) is 140 cm³/mol. The number of rotatable bonds is 9. The van der Waals surface area contributed by atoms with Gasteiger partial charge in [-0.3, -0.25) is 14.5 Å². The molecule has 2 aliphatic rings. The van der Waals surface area contributed by atoms with Gasteiger partial charge in [0.25, 0.3) is 5.91 Å². The number of carboxylic acid groups (broad SMARTS) is 1. The zero-order valence-electron chi connectivity index (χ0n) is 17.6. The number of thioether (sulfide) groups is 2. The number of carbonyl (C=O) groups is 3. The monoisotopic (exact) mass is 649 g/mol. The number of nitrogens with two attached hydrogens (primary N) is 2. The third kappa shape index (κ3) is 4.66. The van der Waals surface area contributed by atoms with Crippen molar-refractivity contribution in [2.24, 2.45) is 10.9 Å². The lowest BCUT2D eigenvalue weighted by Crippen LogP contribution is -2.82. The summed E-state index contributed by atoms with van der Waals surface area (Å²) in [6.45, 7) is -1.27. The number of ketones is 1. The van der Waals surface area contributed by atoms with E-state index in [9.17, 15) is 23.9 Å². The lowest BCUT2D eigenvalue weighted by atomic mass is 9.81. The Morgan fingerprint density at radius 1 is 1.43 bits per heavy atom. The third-order valence-corrected chi connectivity index (χ3v) is 9.70. The Bertz CT molecular complexity index is 1270. The molecule has 2 aromatic rings. The third-order valence-electron chi connectivity index (χ3n) is 5.03. The lowest BCUT2D eigenvalue weighted by Gasteiger charge is -2.54. The number of nitrogens with zero attached hydrogens (tertiary/aromatic N) is 3. The molecule has 10 nitrogen and oxygen atoms in total. The molecule has 4 rings (SSSR count). The number of amides is 1. The molecule has 35 heavy (non-hydrogen) atoms. The van der Waals surface area contributed by atoms with Gasteiger partial charge in [-0.05, 0) is 34.7 Å². The smallest absolute Gasteiger partial charge is 0.353 e. The Labute approximate surface area is 224 Å². The summed E-state index contributed by atoms with van der Waals surface area (Å²) in [5, 5.41) is 14.2. The Balaban J connectivity index is 1.67. The highest BCUT2D eigenvalue weighted by Crippen LogP contribution is 2.49. The van der Waals surface area contributed by atoms with E-state index in [2.05, 4.69) is 32.7 Å². The van der Waals surface area contributed by atoms with Gasteiger partial charge in [0.2, 0.25) is 5.78 Å². The average Bonchev–Trinajstić information content (AvgIpc) is 3.27. The highest BCUT2D eigenvalue weighted by molar-refractivity contribution is 14.1. The summed E-state index contributed by atoms with van der Waals surface area (Å²) in [4.78, 5) is 50.1. The number of thiazole rings is 1. The molecular formula is C20H17FIN5O5S3. The first-order chi connectivity index (χ1) is 16.7. The van der Waals surface area contributed by atoms with Crippen molar-refractivity contribution in [1.29, 1.82) is 0 Å². The van der Waals surface area contributed by atoms with Crippen LogP contribution >= 0.6 is 57.5 Å². The fourth-order valence-electron chi connectivity index (χ4n) is 3.44. The van der Waals surface area contributed by atoms with Gasteiger partial charge < -0.3 is 21.4 Å². The second-order valence-corrected chi connectivity index (χ2v) is 11.4. The fraction of sp³-hybridized carbons (Fsp3) is 0.250. The minimum Gasteiger partial charge on any atom is -0.477 e.